The first-order valence-corrected chi connectivity index (χ1v) is 8.21. The Kier molecular flexibility index (Phi) is 4.61. The number of urea groups is 1. The smallest absolute Gasteiger partial charge is 0.321 e. The van der Waals surface area contributed by atoms with E-state index in [0.29, 0.717) is 18.8 Å². The molecule has 1 fully saturated rings. The molecule has 6 heteroatoms. The molecule has 3 N–H and O–H groups in total. The summed E-state index contributed by atoms with van der Waals surface area (Å²) in [6.07, 6.45) is 0. The summed E-state index contributed by atoms with van der Waals surface area (Å²) < 4.78 is 0. The second kappa shape index (κ2) is 6.84. The maximum absolute atomic E-state index is 12.6. The van der Waals surface area contributed by atoms with Crippen LogP contribution in [-0.4, -0.2) is 30.1 Å². The molecule has 3 rings (SSSR count). The van der Waals surface area contributed by atoms with Crippen molar-refractivity contribution in [3.8, 4) is 5.75 Å². The van der Waals surface area contributed by atoms with E-state index in [1.807, 2.05) is 31.2 Å². The molecule has 0 spiro atoms. The van der Waals surface area contributed by atoms with Crippen LogP contribution in [0, 0.1) is 6.92 Å². The van der Waals surface area contributed by atoms with E-state index in [1.165, 1.54) is 0 Å². The van der Waals surface area contributed by atoms with Crippen LogP contribution in [0.1, 0.15) is 24.0 Å². The van der Waals surface area contributed by atoms with Gasteiger partial charge in [0, 0.05) is 24.5 Å². The summed E-state index contributed by atoms with van der Waals surface area (Å²) in [6.45, 7) is 4.91. The topological polar surface area (TPSA) is 81.7 Å². The van der Waals surface area contributed by atoms with E-state index in [1.54, 1.807) is 30.0 Å². The van der Waals surface area contributed by atoms with Crippen LogP contribution in [0.25, 0.3) is 0 Å². The Balaban J connectivity index is 1.79. The van der Waals surface area contributed by atoms with Crippen molar-refractivity contribution in [2.24, 2.45) is 0 Å². The van der Waals surface area contributed by atoms with Gasteiger partial charge in [-0.15, -0.1) is 0 Å². The van der Waals surface area contributed by atoms with Gasteiger partial charge in [-0.05, 0) is 49.2 Å². The van der Waals surface area contributed by atoms with Crippen LogP contribution in [-0.2, 0) is 4.79 Å². The van der Waals surface area contributed by atoms with Crippen LogP contribution in [0.15, 0.2) is 42.5 Å². The van der Waals surface area contributed by atoms with Gasteiger partial charge in [-0.1, -0.05) is 18.2 Å². The fraction of sp³-hybridized carbons (Fsp3) is 0.263. The molecule has 0 aliphatic carbocycles. The van der Waals surface area contributed by atoms with Crippen LogP contribution < -0.4 is 15.5 Å². The number of rotatable bonds is 4. The van der Waals surface area contributed by atoms with Crippen molar-refractivity contribution >= 4 is 23.3 Å². The number of phenols is 1. The number of aromatic hydroxyl groups is 1. The maximum Gasteiger partial charge on any atom is 0.321 e. The predicted molar refractivity (Wildman–Crippen MR) is 97.1 cm³/mol. The highest BCUT2D eigenvalue weighted by atomic mass is 16.3. The van der Waals surface area contributed by atoms with Gasteiger partial charge in [-0.2, -0.15) is 0 Å². The van der Waals surface area contributed by atoms with Crippen LogP contribution >= 0.6 is 0 Å². The lowest BCUT2D eigenvalue weighted by atomic mass is 10.00. The molecular weight excluding hydrogens is 318 g/mol. The summed E-state index contributed by atoms with van der Waals surface area (Å²) in [7, 11) is 0. The third-order valence-corrected chi connectivity index (χ3v) is 4.41. The van der Waals surface area contributed by atoms with Gasteiger partial charge in [0.15, 0.2) is 0 Å². The lowest BCUT2D eigenvalue weighted by molar-refractivity contribution is -0.117. The summed E-state index contributed by atoms with van der Waals surface area (Å²) in [4.78, 5) is 26.1. The van der Waals surface area contributed by atoms with Crippen molar-refractivity contribution in [1.82, 2.24) is 5.32 Å². The van der Waals surface area contributed by atoms with Crippen molar-refractivity contribution in [2.45, 2.75) is 19.8 Å². The number of nitrogens with zero attached hydrogens (tertiary/aromatic N) is 1. The molecule has 1 aliphatic rings. The molecule has 2 aromatic carbocycles. The monoisotopic (exact) mass is 339 g/mol. The second-order valence-electron chi connectivity index (χ2n) is 6.19. The lowest BCUT2D eigenvalue weighted by Gasteiger charge is -2.18. The number of benzene rings is 2. The number of carbonyl (C=O) groups excluding carboxylic acids is 2. The molecule has 1 saturated heterocycles. The Morgan fingerprint density at radius 2 is 2.08 bits per heavy atom. The van der Waals surface area contributed by atoms with Gasteiger partial charge in [0.05, 0.1) is 5.92 Å². The number of aryl methyl sites for hydroxylation is 1. The van der Waals surface area contributed by atoms with Crippen molar-refractivity contribution in [3.05, 3.63) is 53.6 Å². The number of hydrogen-bond donors (Lipinski definition) is 3. The van der Waals surface area contributed by atoms with E-state index >= 15 is 0 Å². The minimum Gasteiger partial charge on any atom is -0.508 e. The fourth-order valence-corrected chi connectivity index (χ4v) is 2.82. The van der Waals surface area contributed by atoms with Crippen molar-refractivity contribution in [3.63, 3.8) is 0 Å². The number of phenolic OH excluding ortho intramolecular Hbond substituents is 1. The first-order chi connectivity index (χ1) is 12.0. The van der Waals surface area contributed by atoms with Crippen LogP contribution in [0.5, 0.6) is 5.75 Å². The Bertz CT molecular complexity index is 819. The van der Waals surface area contributed by atoms with Crippen molar-refractivity contribution < 1.29 is 14.7 Å². The highest BCUT2D eigenvalue weighted by Gasteiger charge is 2.22. The zero-order valence-corrected chi connectivity index (χ0v) is 14.2. The summed E-state index contributed by atoms with van der Waals surface area (Å²) in [5, 5.41) is 15.3. The highest BCUT2D eigenvalue weighted by Crippen LogP contribution is 2.27. The number of nitrogens with one attached hydrogen (secondary N) is 2. The number of carbonyl (C=O) groups is 2. The normalized spacial score (nSPS) is 15.0. The molecule has 0 bridgehead atoms. The molecule has 6 nitrogen and oxygen atoms in total. The molecule has 0 aromatic heterocycles. The molecule has 1 atom stereocenters. The van der Waals surface area contributed by atoms with Crippen molar-refractivity contribution in [2.75, 3.05) is 23.3 Å². The zero-order valence-electron chi connectivity index (χ0n) is 14.2. The van der Waals surface area contributed by atoms with E-state index in [0.717, 1.165) is 16.8 Å². The Labute approximate surface area is 146 Å². The van der Waals surface area contributed by atoms with Crippen LogP contribution in [0.4, 0.5) is 16.2 Å². The molecule has 1 aliphatic heterocycles. The van der Waals surface area contributed by atoms with Crippen LogP contribution in [0.2, 0.25) is 0 Å². The average molecular weight is 339 g/mol. The summed E-state index contributed by atoms with van der Waals surface area (Å²) >= 11 is 0. The molecule has 25 heavy (non-hydrogen) atoms. The molecule has 130 valence electrons. The Morgan fingerprint density at radius 1 is 1.28 bits per heavy atom. The van der Waals surface area contributed by atoms with Gasteiger partial charge < -0.3 is 15.7 Å². The third kappa shape index (κ3) is 3.57. The van der Waals surface area contributed by atoms with Crippen LogP contribution in [0.3, 0.4) is 0 Å². The average Bonchev–Trinajstić information content (AvgIpc) is 3.02. The van der Waals surface area contributed by atoms with Gasteiger partial charge in [-0.3, -0.25) is 9.69 Å². The first kappa shape index (κ1) is 16.8. The van der Waals surface area contributed by atoms with Gasteiger partial charge in [0.1, 0.15) is 5.75 Å². The zero-order chi connectivity index (χ0) is 18.0. The fourth-order valence-electron chi connectivity index (χ4n) is 2.82. The number of anilines is 2. The molecule has 0 saturated carbocycles. The summed E-state index contributed by atoms with van der Waals surface area (Å²) in [5.41, 5.74) is 3.08. The molecule has 1 heterocycles. The number of hydrogen-bond acceptors (Lipinski definition) is 3. The highest BCUT2D eigenvalue weighted by molar-refractivity contribution is 5.98. The molecule has 0 radical (unpaired) electrons. The van der Waals surface area contributed by atoms with Gasteiger partial charge in [0.2, 0.25) is 5.91 Å². The minimum absolute atomic E-state index is 0.130. The predicted octanol–water partition coefficient (Wildman–Crippen LogP) is 2.97. The van der Waals surface area contributed by atoms with E-state index < -0.39 is 5.92 Å². The standard InChI is InChI=1S/C19H21N3O3/c1-12-6-7-15(22-9-8-20-19(22)25)11-17(12)21-18(24)13(2)14-4-3-5-16(23)10-14/h3-7,10-11,13,23H,8-9H2,1-2H3,(H,20,25)(H,21,24). The Morgan fingerprint density at radius 3 is 2.76 bits per heavy atom. The largest absolute Gasteiger partial charge is 0.508 e. The second-order valence-corrected chi connectivity index (χ2v) is 6.19. The molecule has 1 unspecified atom stereocenters. The van der Waals surface area contributed by atoms with E-state index in [2.05, 4.69) is 10.6 Å². The van der Waals surface area contributed by atoms with Gasteiger partial charge >= 0.3 is 6.03 Å². The summed E-state index contributed by atoms with van der Waals surface area (Å²) in [6, 6.07) is 12.1. The molecular formula is C19H21N3O3. The third-order valence-electron chi connectivity index (χ3n) is 4.41. The quantitative estimate of drug-likeness (QED) is 0.801. The van der Waals surface area contributed by atoms with E-state index in [9.17, 15) is 14.7 Å². The van der Waals surface area contributed by atoms with Crippen molar-refractivity contribution in [1.29, 1.82) is 0 Å². The Hall–Kier alpha value is -3.02. The SMILES string of the molecule is Cc1ccc(N2CCNC2=O)cc1NC(=O)C(C)c1cccc(O)c1. The van der Waals surface area contributed by atoms with Gasteiger partial charge in [-0.25, -0.2) is 4.79 Å². The minimum atomic E-state index is -0.412. The van der Waals surface area contributed by atoms with E-state index in [4.69, 9.17) is 0 Å². The lowest BCUT2D eigenvalue weighted by Crippen LogP contribution is -2.28. The number of amides is 3. The molecule has 3 amide bonds. The maximum atomic E-state index is 12.6. The van der Waals surface area contributed by atoms with Gasteiger partial charge in [0.25, 0.3) is 0 Å². The summed E-state index contributed by atoms with van der Waals surface area (Å²) in [5.74, 6) is -0.447. The first-order valence-electron chi connectivity index (χ1n) is 8.21. The van der Waals surface area contributed by atoms with E-state index in [-0.39, 0.29) is 17.7 Å². The molecule has 2 aromatic rings.